The Kier molecular flexibility index (Phi) is 5.97. The molecule has 0 spiro atoms. The number of Topliss-reactive ketones (excluding diaryl/α,β-unsaturated/α-hetero) is 1. The van der Waals surface area contributed by atoms with Crippen LogP contribution in [0.15, 0.2) is 41.8 Å². The summed E-state index contributed by atoms with van der Waals surface area (Å²) >= 11 is 7.83. The zero-order valence-corrected chi connectivity index (χ0v) is 14.0. The molecule has 0 radical (unpaired) electrons. The van der Waals surface area contributed by atoms with Gasteiger partial charge in [0.15, 0.2) is 5.78 Å². The summed E-state index contributed by atoms with van der Waals surface area (Å²) in [5.41, 5.74) is 0.624. The number of carbonyl (C=O) groups is 1. The zero-order chi connectivity index (χ0) is 15.2. The van der Waals surface area contributed by atoms with E-state index in [9.17, 15) is 4.79 Å². The monoisotopic (exact) mass is 321 g/mol. The molecule has 0 aliphatic carbocycles. The van der Waals surface area contributed by atoms with Crippen molar-refractivity contribution in [2.75, 3.05) is 6.54 Å². The fourth-order valence-corrected chi connectivity index (χ4v) is 3.16. The van der Waals surface area contributed by atoms with Gasteiger partial charge in [-0.15, -0.1) is 11.3 Å². The van der Waals surface area contributed by atoms with E-state index in [-0.39, 0.29) is 5.78 Å². The molecule has 4 heteroatoms. The minimum atomic E-state index is 0.109. The molecule has 0 fully saturated rings. The number of hydrogen-bond acceptors (Lipinski definition) is 3. The first-order valence-corrected chi connectivity index (χ1v) is 8.38. The number of rotatable bonds is 7. The molecular formula is C17H20ClNOS. The Hall–Kier alpha value is -1.16. The number of hydrogen-bond donors (Lipinski definition) is 0. The normalized spacial score (nSPS) is 11.3. The molecule has 0 atom stereocenters. The number of ketones is 1. The van der Waals surface area contributed by atoms with Crippen molar-refractivity contribution in [2.24, 2.45) is 0 Å². The Bertz CT molecular complexity index is 580. The molecule has 0 aliphatic rings. The van der Waals surface area contributed by atoms with Crippen molar-refractivity contribution in [3.8, 4) is 0 Å². The second-order valence-corrected chi connectivity index (χ2v) is 6.74. The average molecular weight is 322 g/mol. The second-order valence-electron chi connectivity index (χ2n) is 5.30. The van der Waals surface area contributed by atoms with Gasteiger partial charge < -0.3 is 0 Å². The maximum Gasteiger partial charge on any atom is 0.165 e. The van der Waals surface area contributed by atoms with E-state index in [2.05, 4.69) is 36.3 Å². The maximum atomic E-state index is 12.3. The third kappa shape index (κ3) is 4.67. The van der Waals surface area contributed by atoms with E-state index in [1.54, 1.807) is 23.5 Å². The first-order chi connectivity index (χ1) is 10.1. The summed E-state index contributed by atoms with van der Waals surface area (Å²) in [6.45, 7) is 5.96. The number of nitrogens with zero attached hydrogens (tertiary/aromatic N) is 1. The molecule has 2 rings (SSSR count). The van der Waals surface area contributed by atoms with E-state index in [0.29, 0.717) is 23.0 Å². The summed E-state index contributed by atoms with van der Waals surface area (Å²) in [7, 11) is 0. The van der Waals surface area contributed by atoms with Gasteiger partial charge in [-0.25, -0.2) is 0 Å². The first kappa shape index (κ1) is 16.2. The van der Waals surface area contributed by atoms with Gasteiger partial charge in [0.05, 0.1) is 5.02 Å². The van der Waals surface area contributed by atoms with E-state index < -0.39 is 0 Å². The van der Waals surface area contributed by atoms with Crippen molar-refractivity contribution in [1.82, 2.24) is 4.90 Å². The molecule has 2 aromatic rings. The Morgan fingerprint density at radius 2 is 2.00 bits per heavy atom. The van der Waals surface area contributed by atoms with Gasteiger partial charge in [0, 0.05) is 36.0 Å². The predicted octanol–water partition coefficient (Wildman–Crippen LogP) is 4.88. The quantitative estimate of drug-likeness (QED) is 0.677. The molecule has 112 valence electrons. The van der Waals surface area contributed by atoms with Crippen LogP contribution in [0.25, 0.3) is 0 Å². The van der Waals surface area contributed by atoms with Gasteiger partial charge in [-0.2, -0.15) is 0 Å². The van der Waals surface area contributed by atoms with Gasteiger partial charge in [-0.3, -0.25) is 9.69 Å². The standard InChI is InChI=1S/C17H20ClNOS/c1-13(2)19(12-14-6-5-11-21-14)10-9-17(20)15-7-3-4-8-16(15)18/h3-8,11,13H,9-10,12H2,1-2H3. The van der Waals surface area contributed by atoms with Crippen LogP contribution in [0.3, 0.4) is 0 Å². The van der Waals surface area contributed by atoms with Crippen LogP contribution in [0.4, 0.5) is 0 Å². The Morgan fingerprint density at radius 1 is 1.24 bits per heavy atom. The molecule has 0 amide bonds. The zero-order valence-electron chi connectivity index (χ0n) is 12.4. The molecular weight excluding hydrogens is 302 g/mol. The third-order valence-electron chi connectivity index (χ3n) is 3.47. The van der Waals surface area contributed by atoms with Crippen LogP contribution in [0, 0.1) is 0 Å². The van der Waals surface area contributed by atoms with E-state index in [4.69, 9.17) is 11.6 Å². The lowest BCUT2D eigenvalue weighted by Gasteiger charge is -2.25. The number of carbonyl (C=O) groups excluding carboxylic acids is 1. The van der Waals surface area contributed by atoms with Crippen molar-refractivity contribution in [3.05, 3.63) is 57.2 Å². The highest BCUT2D eigenvalue weighted by Gasteiger charge is 2.15. The Balaban J connectivity index is 1.96. The summed E-state index contributed by atoms with van der Waals surface area (Å²) in [6, 6.07) is 11.9. The van der Waals surface area contributed by atoms with Gasteiger partial charge in [0.25, 0.3) is 0 Å². The van der Waals surface area contributed by atoms with Crippen LogP contribution < -0.4 is 0 Å². The molecule has 1 aromatic heterocycles. The predicted molar refractivity (Wildman–Crippen MR) is 90.3 cm³/mol. The van der Waals surface area contributed by atoms with Gasteiger partial charge in [0.2, 0.25) is 0 Å². The number of halogens is 1. The lowest BCUT2D eigenvalue weighted by atomic mass is 10.1. The number of thiophene rings is 1. The fourth-order valence-electron chi connectivity index (χ4n) is 2.19. The van der Waals surface area contributed by atoms with Crippen molar-refractivity contribution in [1.29, 1.82) is 0 Å². The van der Waals surface area contributed by atoms with E-state index >= 15 is 0 Å². The smallest absolute Gasteiger partial charge is 0.165 e. The van der Waals surface area contributed by atoms with Crippen molar-refractivity contribution < 1.29 is 4.79 Å². The highest BCUT2D eigenvalue weighted by Crippen LogP contribution is 2.18. The van der Waals surface area contributed by atoms with Gasteiger partial charge in [0.1, 0.15) is 0 Å². The van der Waals surface area contributed by atoms with Crippen LogP contribution in [0.2, 0.25) is 5.02 Å². The van der Waals surface area contributed by atoms with Crippen LogP contribution in [0.5, 0.6) is 0 Å². The molecule has 0 N–H and O–H groups in total. The van der Waals surface area contributed by atoms with Gasteiger partial charge >= 0.3 is 0 Å². The topological polar surface area (TPSA) is 20.3 Å². The van der Waals surface area contributed by atoms with Gasteiger partial charge in [-0.05, 0) is 37.4 Å². The maximum absolute atomic E-state index is 12.3. The minimum absolute atomic E-state index is 0.109. The summed E-state index contributed by atoms with van der Waals surface area (Å²) in [6.07, 6.45) is 0.493. The minimum Gasteiger partial charge on any atom is -0.295 e. The summed E-state index contributed by atoms with van der Waals surface area (Å²) in [5, 5.41) is 2.62. The molecule has 0 unspecified atom stereocenters. The molecule has 0 bridgehead atoms. The Morgan fingerprint density at radius 3 is 2.62 bits per heavy atom. The largest absolute Gasteiger partial charge is 0.295 e. The molecule has 1 aromatic carbocycles. The third-order valence-corrected chi connectivity index (χ3v) is 4.66. The highest BCUT2D eigenvalue weighted by atomic mass is 35.5. The van der Waals surface area contributed by atoms with Crippen LogP contribution in [-0.4, -0.2) is 23.3 Å². The fraction of sp³-hybridized carbons (Fsp3) is 0.353. The molecule has 0 aliphatic heterocycles. The summed E-state index contributed by atoms with van der Waals surface area (Å²) in [4.78, 5) is 15.9. The second kappa shape index (κ2) is 7.74. The lowest BCUT2D eigenvalue weighted by molar-refractivity contribution is 0.0953. The van der Waals surface area contributed by atoms with Crippen LogP contribution in [0.1, 0.15) is 35.5 Å². The first-order valence-electron chi connectivity index (χ1n) is 7.12. The van der Waals surface area contributed by atoms with Crippen molar-refractivity contribution in [3.63, 3.8) is 0 Å². The molecule has 21 heavy (non-hydrogen) atoms. The highest BCUT2D eigenvalue weighted by molar-refractivity contribution is 7.09. The Labute approximate surface area is 135 Å². The average Bonchev–Trinajstić information content (AvgIpc) is 2.96. The molecule has 0 saturated heterocycles. The summed E-state index contributed by atoms with van der Waals surface area (Å²) < 4.78 is 0. The van der Waals surface area contributed by atoms with Crippen molar-refractivity contribution >= 4 is 28.7 Å². The summed E-state index contributed by atoms with van der Waals surface area (Å²) in [5.74, 6) is 0.109. The van der Waals surface area contributed by atoms with Crippen molar-refractivity contribution in [2.45, 2.75) is 32.9 Å². The lowest BCUT2D eigenvalue weighted by Crippen LogP contribution is -2.32. The van der Waals surface area contributed by atoms with E-state index in [1.165, 1.54) is 4.88 Å². The molecule has 0 saturated carbocycles. The van der Waals surface area contributed by atoms with Crippen LogP contribution >= 0.6 is 22.9 Å². The van der Waals surface area contributed by atoms with Gasteiger partial charge in [-0.1, -0.05) is 29.8 Å². The van der Waals surface area contributed by atoms with Crippen LogP contribution in [-0.2, 0) is 6.54 Å². The van der Waals surface area contributed by atoms with E-state index in [1.807, 2.05) is 12.1 Å². The molecule has 1 heterocycles. The number of benzene rings is 1. The SMILES string of the molecule is CC(C)N(CCC(=O)c1ccccc1Cl)Cc1cccs1. The molecule has 2 nitrogen and oxygen atoms in total. The van der Waals surface area contributed by atoms with E-state index in [0.717, 1.165) is 13.1 Å².